The Kier molecular flexibility index (Phi) is 4.87. The van der Waals surface area contributed by atoms with Crippen LogP contribution in [0.5, 0.6) is 0 Å². The fraction of sp³-hybridized carbons (Fsp3) is 0.583. The molecule has 0 radical (unpaired) electrons. The van der Waals surface area contributed by atoms with Crippen LogP contribution in [0.1, 0.15) is 26.7 Å². The van der Waals surface area contributed by atoms with Crippen LogP contribution in [-0.2, 0) is 4.79 Å². The lowest BCUT2D eigenvalue weighted by atomic mass is 10.0. The van der Waals surface area contributed by atoms with E-state index < -0.39 is 0 Å². The number of anilines is 2. The Morgan fingerprint density at radius 3 is 2.24 bits per heavy atom. The lowest BCUT2D eigenvalue weighted by Crippen LogP contribution is -2.22. The van der Waals surface area contributed by atoms with Crippen LogP contribution in [0.3, 0.4) is 0 Å². The van der Waals surface area contributed by atoms with Crippen molar-refractivity contribution in [1.82, 2.24) is 9.97 Å². The Hall–Kier alpha value is -1.65. The van der Waals surface area contributed by atoms with Crippen LogP contribution in [0.15, 0.2) is 12.4 Å². The third kappa shape index (κ3) is 3.69. The molecule has 1 rings (SSSR count). The van der Waals surface area contributed by atoms with Crippen LogP contribution >= 0.6 is 0 Å². The van der Waals surface area contributed by atoms with Crippen molar-refractivity contribution in [3.05, 3.63) is 12.4 Å². The van der Waals surface area contributed by atoms with Crippen molar-refractivity contribution in [3.63, 3.8) is 0 Å². The molecule has 1 heterocycles. The van der Waals surface area contributed by atoms with Crippen molar-refractivity contribution >= 4 is 17.5 Å². The van der Waals surface area contributed by atoms with Gasteiger partial charge in [0.2, 0.25) is 11.9 Å². The molecule has 0 aromatic carbocycles. The first-order valence-electron chi connectivity index (χ1n) is 5.88. The highest BCUT2D eigenvalue weighted by molar-refractivity contribution is 5.92. The van der Waals surface area contributed by atoms with E-state index in [2.05, 4.69) is 15.3 Å². The van der Waals surface area contributed by atoms with Gasteiger partial charge in [0.1, 0.15) is 0 Å². The van der Waals surface area contributed by atoms with Crippen molar-refractivity contribution in [2.45, 2.75) is 26.7 Å². The summed E-state index contributed by atoms with van der Waals surface area (Å²) in [5.41, 5.74) is 0.646. The second-order valence-electron chi connectivity index (χ2n) is 4.17. The summed E-state index contributed by atoms with van der Waals surface area (Å²) in [6.45, 7) is 4.03. The third-order valence-corrected chi connectivity index (χ3v) is 2.66. The minimum atomic E-state index is 0.0382. The van der Waals surface area contributed by atoms with Crippen molar-refractivity contribution in [2.75, 3.05) is 24.3 Å². The lowest BCUT2D eigenvalue weighted by molar-refractivity contribution is -0.120. The molecular weight excluding hydrogens is 216 g/mol. The van der Waals surface area contributed by atoms with Gasteiger partial charge < -0.3 is 10.2 Å². The standard InChI is InChI=1S/C12H20N4O/c1-5-9(6-2)11(17)15-10-7-13-12(14-8-10)16(3)4/h7-9H,5-6H2,1-4H3,(H,15,17). The molecule has 0 bridgehead atoms. The van der Waals surface area contributed by atoms with Gasteiger partial charge in [0, 0.05) is 20.0 Å². The largest absolute Gasteiger partial charge is 0.347 e. The highest BCUT2D eigenvalue weighted by atomic mass is 16.1. The number of nitrogens with zero attached hydrogens (tertiary/aromatic N) is 3. The number of hydrogen-bond acceptors (Lipinski definition) is 4. The van der Waals surface area contributed by atoms with Gasteiger partial charge in [-0.3, -0.25) is 4.79 Å². The van der Waals surface area contributed by atoms with Gasteiger partial charge >= 0.3 is 0 Å². The maximum absolute atomic E-state index is 11.8. The van der Waals surface area contributed by atoms with Crippen molar-refractivity contribution in [3.8, 4) is 0 Å². The van der Waals surface area contributed by atoms with Crippen LogP contribution in [0.2, 0.25) is 0 Å². The molecular formula is C12H20N4O. The molecule has 0 spiro atoms. The SMILES string of the molecule is CCC(CC)C(=O)Nc1cnc(N(C)C)nc1. The van der Waals surface area contributed by atoms with Gasteiger partial charge in [0.25, 0.3) is 0 Å². The normalized spacial score (nSPS) is 10.4. The van der Waals surface area contributed by atoms with Crippen LogP contribution in [0, 0.1) is 5.92 Å². The summed E-state index contributed by atoms with van der Waals surface area (Å²) in [6.07, 6.45) is 4.95. The van der Waals surface area contributed by atoms with E-state index in [1.54, 1.807) is 12.4 Å². The van der Waals surface area contributed by atoms with Gasteiger partial charge in [0.15, 0.2) is 0 Å². The first-order valence-corrected chi connectivity index (χ1v) is 5.88. The zero-order valence-corrected chi connectivity index (χ0v) is 10.9. The maximum Gasteiger partial charge on any atom is 0.227 e. The number of nitrogens with one attached hydrogen (secondary N) is 1. The van der Waals surface area contributed by atoms with E-state index in [1.807, 2.05) is 32.8 Å². The van der Waals surface area contributed by atoms with E-state index >= 15 is 0 Å². The third-order valence-electron chi connectivity index (χ3n) is 2.66. The second-order valence-corrected chi connectivity index (χ2v) is 4.17. The van der Waals surface area contributed by atoms with Gasteiger partial charge in [-0.1, -0.05) is 13.8 Å². The Labute approximate surface area is 102 Å². The quantitative estimate of drug-likeness (QED) is 0.848. The topological polar surface area (TPSA) is 58.1 Å². The summed E-state index contributed by atoms with van der Waals surface area (Å²) in [7, 11) is 3.75. The van der Waals surface area contributed by atoms with Crippen LogP contribution in [-0.4, -0.2) is 30.0 Å². The highest BCUT2D eigenvalue weighted by Gasteiger charge is 2.14. The lowest BCUT2D eigenvalue weighted by Gasteiger charge is -2.13. The molecule has 5 heteroatoms. The minimum absolute atomic E-state index is 0.0382. The van der Waals surface area contributed by atoms with Gasteiger partial charge in [-0.15, -0.1) is 0 Å². The highest BCUT2D eigenvalue weighted by Crippen LogP contribution is 2.13. The molecule has 5 nitrogen and oxygen atoms in total. The Morgan fingerprint density at radius 2 is 1.82 bits per heavy atom. The molecule has 0 unspecified atom stereocenters. The predicted octanol–water partition coefficient (Wildman–Crippen LogP) is 1.92. The molecule has 0 aliphatic carbocycles. The summed E-state index contributed by atoms with van der Waals surface area (Å²) < 4.78 is 0. The summed E-state index contributed by atoms with van der Waals surface area (Å²) in [6, 6.07) is 0. The van der Waals surface area contributed by atoms with E-state index in [0.29, 0.717) is 11.6 Å². The van der Waals surface area contributed by atoms with Gasteiger partial charge in [-0.05, 0) is 12.8 Å². The van der Waals surface area contributed by atoms with E-state index in [0.717, 1.165) is 12.8 Å². The summed E-state index contributed by atoms with van der Waals surface area (Å²) in [4.78, 5) is 21.9. The molecule has 0 atom stereocenters. The molecule has 0 saturated heterocycles. The number of rotatable bonds is 5. The van der Waals surface area contributed by atoms with Crippen LogP contribution in [0.25, 0.3) is 0 Å². The fourth-order valence-electron chi connectivity index (χ4n) is 1.52. The molecule has 1 amide bonds. The Bertz CT molecular complexity index is 357. The van der Waals surface area contributed by atoms with Crippen molar-refractivity contribution < 1.29 is 4.79 Å². The molecule has 1 aromatic heterocycles. The number of aromatic nitrogens is 2. The molecule has 0 fully saturated rings. The number of amides is 1. The Balaban J connectivity index is 2.66. The molecule has 0 saturated carbocycles. The first-order chi connectivity index (χ1) is 8.08. The minimum Gasteiger partial charge on any atom is -0.347 e. The summed E-state index contributed by atoms with van der Waals surface area (Å²) >= 11 is 0. The van der Waals surface area contributed by atoms with Crippen molar-refractivity contribution in [1.29, 1.82) is 0 Å². The second kappa shape index (κ2) is 6.18. The maximum atomic E-state index is 11.8. The number of hydrogen-bond donors (Lipinski definition) is 1. The van der Waals surface area contributed by atoms with Gasteiger partial charge in [-0.2, -0.15) is 0 Å². The molecule has 94 valence electrons. The smallest absolute Gasteiger partial charge is 0.227 e. The van der Waals surface area contributed by atoms with E-state index in [4.69, 9.17) is 0 Å². The van der Waals surface area contributed by atoms with Gasteiger partial charge in [-0.25, -0.2) is 9.97 Å². The van der Waals surface area contributed by atoms with E-state index in [9.17, 15) is 4.79 Å². The summed E-state index contributed by atoms with van der Waals surface area (Å²) in [5, 5.41) is 2.83. The molecule has 17 heavy (non-hydrogen) atoms. The van der Waals surface area contributed by atoms with Crippen LogP contribution < -0.4 is 10.2 Å². The molecule has 1 N–H and O–H groups in total. The average Bonchev–Trinajstić information content (AvgIpc) is 2.31. The van der Waals surface area contributed by atoms with Crippen molar-refractivity contribution in [2.24, 2.45) is 5.92 Å². The monoisotopic (exact) mass is 236 g/mol. The average molecular weight is 236 g/mol. The molecule has 1 aromatic rings. The van der Waals surface area contributed by atoms with Crippen LogP contribution in [0.4, 0.5) is 11.6 Å². The zero-order valence-electron chi connectivity index (χ0n) is 10.9. The predicted molar refractivity (Wildman–Crippen MR) is 69.1 cm³/mol. The molecule has 0 aliphatic heterocycles. The van der Waals surface area contributed by atoms with Gasteiger partial charge in [0.05, 0.1) is 18.1 Å². The zero-order chi connectivity index (χ0) is 12.8. The van der Waals surface area contributed by atoms with E-state index in [-0.39, 0.29) is 11.8 Å². The Morgan fingerprint density at radius 1 is 1.29 bits per heavy atom. The summed E-state index contributed by atoms with van der Waals surface area (Å²) in [5.74, 6) is 0.727. The van der Waals surface area contributed by atoms with E-state index in [1.165, 1.54) is 0 Å². The first kappa shape index (κ1) is 13.4. The molecule has 0 aliphatic rings. The fourth-order valence-corrected chi connectivity index (χ4v) is 1.52. The number of carbonyl (C=O) groups is 1. The number of carbonyl (C=O) groups excluding carboxylic acids is 1.